The molecule has 2 rings (SSSR count). The van der Waals surface area contributed by atoms with Crippen LogP contribution in [0.25, 0.3) is 0 Å². The van der Waals surface area contributed by atoms with E-state index in [4.69, 9.17) is 0 Å². The van der Waals surface area contributed by atoms with Crippen LogP contribution >= 0.6 is 0 Å². The van der Waals surface area contributed by atoms with Crippen molar-refractivity contribution in [3.63, 3.8) is 0 Å². The van der Waals surface area contributed by atoms with Crippen molar-refractivity contribution in [1.82, 2.24) is 9.88 Å². The molecule has 1 aromatic heterocycles. The van der Waals surface area contributed by atoms with Gasteiger partial charge in [0, 0.05) is 19.6 Å². The number of ether oxygens (including phenoxy) is 1. The first kappa shape index (κ1) is 14.0. The molecule has 19 heavy (non-hydrogen) atoms. The average Bonchev–Trinajstić information content (AvgIpc) is 2.42. The van der Waals surface area contributed by atoms with E-state index in [0.29, 0.717) is 12.2 Å². The van der Waals surface area contributed by atoms with Gasteiger partial charge in [0.2, 0.25) is 0 Å². The van der Waals surface area contributed by atoms with Crippen molar-refractivity contribution in [2.75, 3.05) is 20.2 Å². The number of piperidine rings is 1. The van der Waals surface area contributed by atoms with E-state index in [1.165, 1.54) is 7.11 Å². The molecule has 0 spiro atoms. The molecule has 1 aliphatic rings. The van der Waals surface area contributed by atoms with Gasteiger partial charge in [-0.1, -0.05) is 13.0 Å². The summed E-state index contributed by atoms with van der Waals surface area (Å²) in [6.45, 7) is 4.46. The van der Waals surface area contributed by atoms with E-state index in [1.807, 2.05) is 12.1 Å². The zero-order valence-electron chi connectivity index (χ0n) is 11.4. The van der Waals surface area contributed by atoms with Crippen LogP contribution in [0.3, 0.4) is 0 Å². The van der Waals surface area contributed by atoms with E-state index in [9.17, 15) is 9.90 Å². The van der Waals surface area contributed by atoms with Crippen LogP contribution in [0.4, 0.5) is 0 Å². The number of hydrogen-bond donors (Lipinski definition) is 1. The number of aliphatic hydroxyl groups excluding tert-OH is 1. The number of hydrogen-bond acceptors (Lipinski definition) is 5. The summed E-state index contributed by atoms with van der Waals surface area (Å²) in [4.78, 5) is 18.0. The summed E-state index contributed by atoms with van der Waals surface area (Å²) in [7, 11) is 1.35. The molecule has 1 fully saturated rings. The number of likely N-dealkylation sites (tertiary alicyclic amines) is 1. The largest absolute Gasteiger partial charge is 0.464 e. The molecule has 104 valence electrons. The molecule has 0 aromatic carbocycles. The SMILES string of the molecule is COC(=O)c1cccc(CN2CCC(O)C(C)C2)n1. The van der Waals surface area contributed by atoms with Gasteiger partial charge in [0.15, 0.2) is 0 Å². The Morgan fingerprint density at radius 1 is 1.58 bits per heavy atom. The Morgan fingerprint density at radius 2 is 2.37 bits per heavy atom. The van der Waals surface area contributed by atoms with E-state index in [1.54, 1.807) is 6.07 Å². The standard InChI is InChI=1S/C14H20N2O3/c1-10-8-16(7-6-13(10)17)9-11-4-3-5-12(15-11)14(18)19-2/h3-5,10,13,17H,6-9H2,1-2H3. The molecule has 1 aliphatic heterocycles. The number of rotatable bonds is 3. The van der Waals surface area contributed by atoms with E-state index >= 15 is 0 Å². The van der Waals surface area contributed by atoms with Gasteiger partial charge in [-0.25, -0.2) is 9.78 Å². The number of aromatic nitrogens is 1. The van der Waals surface area contributed by atoms with Crippen molar-refractivity contribution in [2.24, 2.45) is 5.92 Å². The minimum absolute atomic E-state index is 0.203. The van der Waals surface area contributed by atoms with Crippen molar-refractivity contribution < 1.29 is 14.6 Å². The first-order valence-electron chi connectivity index (χ1n) is 6.55. The lowest BCUT2D eigenvalue weighted by molar-refractivity contribution is 0.0315. The summed E-state index contributed by atoms with van der Waals surface area (Å²) in [5, 5.41) is 9.71. The second kappa shape index (κ2) is 6.12. The summed E-state index contributed by atoms with van der Waals surface area (Å²) >= 11 is 0. The maximum atomic E-state index is 11.4. The number of pyridine rings is 1. The van der Waals surface area contributed by atoms with Gasteiger partial charge in [0.1, 0.15) is 5.69 Å². The maximum absolute atomic E-state index is 11.4. The highest BCUT2D eigenvalue weighted by molar-refractivity contribution is 5.87. The van der Waals surface area contributed by atoms with E-state index in [0.717, 1.165) is 25.2 Å². The highest BCUT2D eigenvalue weighted by atomic mass is 16.5. The Morgan fingerprint density at radius 3 is 3.05 bits per heavy atom. The molecule has 2 atom stereocenters. The molecule has 0 saturated carbocycles. The van der Waals surface area contributed by atoms with E-state index < -0.39 is 5.97 Å². The third-order valence-electron chi connectivity index (χ3n) is 3.53. The molecule has 5 heteroatoms. The third kappa shape index (κ3) is 3.52. The van der Waals surface area contributed by atoms with Gasteiger partial charge in [-0.15, -0.1) is 0 Å². The number of methoxy groups -OCH3 is 1. The zero-order chi connectivity index (χ0) is 13.8. The summed E-state index contributed by atoms with van der Waals surface area (Å²) in [5.41, 5.74) is 1.19. The summed E-state index contributed by atoms with van der Waals surface area (Å²) in [6, 6.07) is 5.37. The van der Waals surface area contributed by atoms with Crippen LogP contribution < -0.4 is 0 Å². The highest BCUT2D eigenvalue weighted by Crippen LogP contribution is 2.18. The minimum atomic E-state index is -0.413. The van der Waals surface area contributed by atoms with Crippen molar-refractivity contribution >= 4 is 5.97 Å². The predicted molar refractivity (Wildman–Crippen MR) is 70.6 cm³/mol. The van der Waals surface area contributed by atoms with Crippen LogP contribution in [0.15, 0.2) is 18.2 Å². The molecular formula is C14H20N2O3. The van der Waals surface area contributed by atoms with Gasteiger partial charge >= 0.3 is 5.97 Å². The number of carbonyl (C=O) groups is 1. The van der Waals surface area contributed by atoms with Crippen LogP contribution in [0.5, 0.6) is 0 Å². The lowest BCUT2D eigenvalue weighted by Crippen LogP contribution is -2.41. The Hall–Kier alpha value is -1.46. The van der Waals surface area contributed by atoms with Crippen molar-refractivity contribution in [3.8, 4) is 0 Å². The predicted octanol–water partition coefficient (Wildman–Crippen LogP) is 1.07. The van der Waals surface area contributed by atoms with Gasteiger partial charge in [-0.05, 0) is 24.5 Å². The molecule has 0 radical (unpaired) electrons. The minimum Gasteiger partial charge on any atom is -0.464 e. The summed E-state index contributed by atoms with van der Waals surface area (Å²) in [6.07, 6.45) is 0.586. The van der Waals surface area contributed by atoms with Crippen LogP contribution in [0, 0.1) is 5.92 Å². The van der Waals surface area contributed by atoms with Crippen molar-refractivity contribution in [1.29, 1.82) is 0 Å². The Kier molecular flexibility index (Phi) is 4.50. The molecular weight excluding hydrogens is 244 g/mol. The number of esters is 1. The molecule has 1 saturated heterocycles. The Labute approximate surface area is 113 Å². The molecule has 0 amide bonds. The lowest BCUT2D eigenvalue weighted by atomic mass is 9.97. The number of aliphatic hydroxyl groups is 1. The molecule has 2 heterocycles. The topological polar surface area (TPSA) is 62.7 Å². The normalized spacial score (nSPS) is 24.2. The first-order valence-corrected chi connectivity index (χ1v) is 6.55. The summed E-state index contributed by atoms with van der Waals surface area (Å²) < 4.78 is 4.66. The molecule has 2 unspecified atom stereocenters. The quantitative estimate of drug-likeness (QED) is 0.827. The van der Waals surface area contributed by atoms with Gasteiger partial charge in [-0.2, -0.15) is 0 Å². The summed E-state index contributed by atoms with van der Waals surface area (Å²) in [5.74, 6) is -0.137. The van der Waals surface area contributed by atoms with Crippen LogP contribution in [0.2, 0.25) is 0 Å². The van der Waals surface area contributed by atoms with E-state index in [-0.39, 0.29) is 12.0 Å². The van der Waals surface area contributed by atoms with Gasteiger partial charge in [0.05, 0.1) is 18.9 Å². The van der Waals surface area contributed by atoms with Crippen molar-refractivity contribution in [2.45, 2.75) is 26.0 Å². The van der Waals surface area contributed by atoms with Crippen molar-refractivity contribution in [3.05, 3.63) is 29.6 Å². The third-order valence-corrected chi connectivity index (χ3v) is 3.53. The number of nitrogens with zero attached hydrogens (tertiary/aromatic N) is 2. The molecule has 0 bridgehead atoms. The monoisotopic (exact) mass is 264 g/mol. The highest BCUT2D eigenvalue weighted by Gasteiger charge is 2.24. The fraction of sp³-hybridized carbons (Fsp3) is 0.571. The molecule has 0 aliphatic carbocycles. The Bertz CT molecular complexity index is 450. The van der Waals surface area contributed by atoms with Crippen LogP contribution in [0.1, 0.15) is 29.5 Å². The fourth-order valence-electron chi connectivity index (χ4n) is 2.38. The molecule has 1 N–H and O–H groups in total. The molecule has 5 nitrogen and oxygen atoms in total. The maximum Gasteiger partial charge on any atom is 0.356 e. The van der Waals surface area contributed by atoms with Crippen LogP contribution in [-0.2, 0) is 11.3 Å². The van der Waals surface area contributed by atoms with Crippen LogP contribution in [-0.4, -0.2) is 47.3 Å². The van der Waals surface area contributed by atoms with Gasteiger partial charge < -0.3 is 9.84 Å². The van der Waals surface area contributed by atoms with Gasteiger partial charge in [-0.3, -0.25) is 4.90 Å². The smallest absolute Gasteiger partial charge is 0.356 e. The molecule has 1 aromatic rings. The second-order valence-electron chi connectivity index (χ2n) is 5.07. The van der Waals surface area contributed by atoms with E-state index in [2.05, 4.69) is 21.5 Å². The van der Waals surface area contributed by atoms with Gasteiger partial charge in [0.25, 0.3) is 0 Å². The zero-order valence-corrected chi connectivity index (χ0v) is 11.4. The first-order chi connectivity index (χ1) is 9.10. The average molecular weight is 264 g/mol. The second-order valence-corrected chi connectivity index (χ2v) is 5.07. The fourth-order valence-corrected chi connectivity index (χ4v) is 2.38. The number of carbonyl (C=O) groups excluding carboxylic acids is 1. The Balaban J connectivity index is 2.01. The lowest BCUT2D eigenvalue weighted by Gasteiger charge is -2.34.